The lowest BCUT2D eigenvalue weighted by Crippen LogP contribution is -2.48. The smallest absolute Gasteiger partial charge is 0.437 e. The molecule has 0 bridgehead atoms. The molecule has 1 saturated heterocycles. The van der Waals surface area contributed by atoms with Crippen LogP contribution in [0.25, 0.3) is 11.1 Å². The first-order chi connectivity index (χ1) is 19.8. The number of halogens is 1. The highest BCUT2D eigenvalue weighted by Crippen LogP contribution is 2.26. The minimum atomic E-state index is -1.03. The van der Waals surface area contributed by atoms with Gasteiger partial charge in [0.2, 0.25) is 5.95 Å². The van der Waals surface area contributed by atoms with Gasteiger partial charge in [-0.25, -0.2) is 23.9 Å². The Balaban J connectivity index is 1.24. The maximum Gasteiger partial charge on any atom is 0.437 e. The molecule has 41 heavy (non-hydrogen) atoms. The second-order valence-electron chi connectivity index (χ2n) is 8.96. The number of nitrogens with two attached hydrogens (primary N) is 2. The lowest BCUT2D eigenvalue weighted by molar-refractivity contribution is 0.0168. The van der Waals surface area contributed by atoms with Crippen LogP contribution >= 0.6 is 0 Å². The van der Waals surface area contributed by atoms with E-state index in [1.165, 1.54) is 18.5 Å². The van der Waals surface area contributed by atoms with Crippen LogP contribution in [0.5, 0.6) is 0 Å². The number of guanidine groups is 1. The molecule has 1 amide bonds. The van der Waals surface area contributed by atoms with E-state index in [0.29, 0.717) is 30.2 Å². The molecule has 2 aromatic carbocycles. The lowest BCUT2D eigenvalue weighted by Gasteiger charge is -2.32. The van der Waals surface area contributed by atoms with E-state index >= 15 is 4.39 Å². The molecule has 1 unspecified atom stereocenters. The molecule has 1 aliphatic heterocycles. The Kier molecular flexibility index (Phi) is 9.72. The van der Waals surface area contributed by atoms with Crippen LogP contribution in [0.3, 0.4) is 0 Å². The third-order valence-electron chi connectivity index (χ3n) is 5.85. The van der Waals surface area contributed by atoms with Crippen molar-refractivity contribution in [3.05, 3.63) is 77.9 Å². The zero-order chi connectivity index (χ0) is 29.2. The van der Waals surface area contributed by atoms with Crippen molar-refractivity contribution >= 4 is 29.7 Å². The summed E-state index contributed by atoms with van der Waals surface area (Å²) in [6, 6.07) is 13.2. The topological polar surface area (TPSA) is 188 Å². The molecule has 0 saturated carbocycles. The van der Waals surface area contributed by atoms with Crippen LogP contribution in [0.4, 0.5) is 15.1 Å². The van der Waals surface area contributed by atoms with E-state index in [4.69, 9.17) is 25.8 Å². The number of anilines is 1. The third kappa shape index (κ3) is 7.95. The van der Waals surface area contributed by atoms with E-state index in [1.54, 1.807) is 42.5 Å². The van der Waals surface area contributed by atoms with Crippen LogP contribution in [0, 0.1) is 11.7 Å². The number of esters is 1. The number of amides is 1. The Labute approximate surface area is 234 Å². The average Bonchev–Trinajstić information content (AvgIpc) is 2.95. The van der Waals surface area contributed by atoms with Crippen molar-refractivity contribution in [2.24, 2.45) is 27.5 Å². The summed E-state index contributed by atoms with van der Waals surface area (Å²) in [5.41, 5.74) is 12.2. The molecule has 1 atom stereocenters. The van der Waals surface area contributed by atoms with Gasteiger partial charge >= 0.3 is 12.1 Å². The van der Waals surface area contributed by atoms with Crippen LogP contribution in [-0.2, 0) is 20.9 Å². The van der Waals surface area contributed by atoms with Gasteiger partial charge in [0.15, 0.2) is 5.96 Å². The molecule has 1 aromatic heterocycles. The fourth-order valence-electron chi connectivity index (χ4n) is 3.65. The summed E-state index contributed by atoms with van der Waals surface area (Å²) in [6.07, 6.45) is 1.96. The van der Waals surface area contributed by atoms with Gasteiger partial charge in [-0.1, -0.05) is 41.6 Å². The molecule has 1 fully saturated rings. The van der Waals surface area contributed by atoms with Gasteiger partial charge in [-0.3, -0.25) is 0 Å². The number of benzene rings is 2. The van der Waals surface area contributed by atoms with Crippen molar-refractivity contribution in [2.75, 3.05) is 37.8 Å². The van der Waals surface area contributed by atoms with E-state index in [0.717, 1.165) is 5.71 Å². The Hall–Kier alpha value is -5.11. The zero-order valence-corrected chi connectivity index (χ0v) is 21.9. The van der Waals surface area contributed by atoms with E-state index in [9.17, 15) is 14.7 Å². The van der Waals surface area contributed by atoms with Gasteiger partial charge in [0.05, 0.1) is 36.9 Å². The van der Waals surface area contributed by atoms with E-state index in [1.807, 2.05) is 4.90 Å². The van der Waals surface area contributed by atoms with Crippen LogP contribution in [0.2, 0.25) is 0 Å². The Bertz CT molecular complexity index is 1410. The SMILES string of the molecule is NC(N)=NC(=O)OCc1cccc(-c2cnc(N3CC(=NOCC(CO)COC(=O)c4ccccc4)C3)nc2)c1F. The summed E-state index contributed by atoms with van der Waals surface area (Å²) in [5.74, 6) is -1.52. The summed E-state index contributed by atoms with van der Waals surface area (Å²) in [6.45, 7) is 0.337. The second kappa shape index (κ2) is 13.8. The van der Waals surface area contributed by atoms with Gasteiger partial charge < -0.3 is 35.8 Å². The van der Waals surface area contributed by atoms with Gasteiger partial charge in [0.1, 0.15) is 25.6 Å². The fraction of sp³-hybridized carbons (Fsp3) is 0.259. The molecule has 5 N–H and O–H groups in total. The second-order valence-corrected chi connectivity index (χ2v) is 8.96. The number of oxime groups is 1. The third-order valence-corrected chi connectivity index (χ3v) is 5.85. The Morgan fingerprint density at radius 2 is 1.76 bits per heavy atom. The largest absolute Gasteiger partial charge is 0.462 e. The molecule has 1 aliphatic rings. The molecule has 0 radical (unpaired) electrons. The van der Waals surface area contributed by atoms with Crippen molar-refractivity contribution in [2.45, 2.75) is 6.61 Å². The van der Waals surface area contributed by atoms with E-state index in [2.05, 4.69) is 20.1 Å². The van der Waals surface area contributed by atoms with E-state index < -0.39 is 29.8 Å². The quantitative estimate of drug-likeness (QED) is 0.133. The Morgan fingerprint density at radius 3 is 2.44 bits per heavy atom. The average molecular weight is 566 g/mol. The minimum Gasteiger partial charge on any atom is -0.462 e. The lowest BCUT2D eigenvalue weighted by atomic mass is 10.1. The predicted molar refractivity (Wildman–Crippen MR) is 146 cm³/mol. The van der Waals surface area contributed by atoms with Crippen molar-refractivity contribution in [3.63, 3.8) is 0 Å². The normalized spacial score (nSPS) is 13.0. The number of carbonyl (C=O) groups excluding carboxylic acids is 2. The summed E-state index contributed by atoms with van der Waals surface area (Å²) in [4.78, 5) is 42.6. The first-order valence-electron chi connectivity index (χ1n) is 12.5. The number of hydrogen-bond donors (Lipinski definition) is 3. The molecule has 13 nitrogen and oxygen atoms in total. The van der Waals surface area contributed by atoms with Crippen LogP contribution in [0.15, 0.2) is 71.1 Å². The van der Waals surface area contributed by atoms with Crippen LogP contribution < -0.4 is 16.4 Å². The van der Waals surface area contributed by atoms with Gasteiger partial charge in [-0.15, -0.1) is 4.99 Å². The fourth-order valence-corrected chi connectivity index (χ4v) is 3.65. The van der Waals surface area contributed by atoms with E-state index in [-0.39, 0.29) is 37.6 Å². The molecular weight excluding hydrogens is 537 g/mol. The summed E-state index contributed by atoms with van der Waals surface area (Å²) in [5, 5.41) is 13.6. The van der Waals surface area contributed by atoms with Crippen LogP contribution in [0.1, 0.15) is 15.9 Å². The van der Waals surface area contributed by atoms with Gasteiger partial charge in [0, 0.05) is 29.1 Å². The first-order valence-corrected chi connectivity index (χ1v) is 12.5. The van der Waals surface area contributed by atoms with Gasteiger partial charge in [-0.05, 0) is 12.1 Å². The number of nitrogens with zero attached hydrogens (tertiary/aromatic N) is 5. The van der Waals surface area contributed by atoms with Crippen molar-refractivity contribution in [1.29, 1.82) is 0 Å². The predicted octanol–water partition coefficient (Wildman–Crippen LogP) is 1.85. The molecular formula is C27H28FN7O6. The first kappa shape index (κ1) is 28.9. The number of hydrogen-bond acceptors (Lipinski definition) is 10. The number of aliphatic hydroxyl groups is 1. The molecule has 2 heterocycles. The molecule has 0 aliphatic carbocycles. The van der Waals surface area contributed by atoms with Gasteiger partial charge in [-0.2, -0.15) is 0 Å². The number of rotatable bonds is 11. The summed E-state index contributed by atoms with van der Waals surface area (Å²) < 4.78 is 25.1. The number of aliphatic hydroxyl groups excluding tert-OH is 1. The highest BCUT2D eigenvalue weighted by molar-refractivity contribution is 5.98. The summed E-state index contributed by atoms with van der Waals surface area (Å²) >= 11 is 0. The van der Waals surface area contributed by atoms with Crippen molar-refractivity contribution in [3.8, 4) is 11.1 Å². The number of carbonyl (C=O) groups is 2. The van der Waals surface area contributed by atoms with Crippen molar-refractivity contribution < 1.29 is 33.4 Å². The molecule has 3 aromatic rings. The minimum absolute atomic E-state index is 0.00594. The number of ether oxygens (including phenoxy) is 2. The zero-order valence-electron chi connectivity index (χ0n) is 21.9. The monoisotopic (exact) mass is 565 g/mol. The molecule has 14 heteroatoms. The molecule has 0 spiro atoms. The Morgan fingerprint density at radius 1 is 1.02 bits per heavy atom. The highest BCUT2D eigenvalue weighted by atomic mass is 19.1. The van der Waals surface area contributed by atoms with Crippen molar-refractivity contribution in [1.82, 2.24) is 9.97 Å². The molecule has 4 rings (SSSR count). The van der Waals surface area contributed by atoms with Gasteiger partial charge in [0.25, 0.3) is 0 Å². The maximum atomic E-state index is 15.0. The number of aromatic nitrogens is 2. The number of aliphatic imine (C=N–C) groups is 1. The van der Waals surface area contributed by atoms with Crippen LogP contribution in [-0.4, -0.2) is 71.7 Å². The standard InChI is InChI=1S/C27H28FN7O6/c28-23-19(16-40-27(38)33-25(29)30)7-4-8-22(23)20-9-31-26(32-10-20)35-11-21(12-35)34-41-15-17(13-36)14-39-24(37)18-5-2-1-3-6-18/h1-10,17,36H,11-16H2,(H4,29,30,33,38). The maximum absolute atomic E-state index is 15.0. The molecule has 214 valence electrons. The summed E-state index contributed by atoms with van der Waals surface area (Å²) in [7, 11) is 0. The highest BCUT2D eigenvalue weighted by Gasteiger charge is 2.25.